The lowest BCUT2D eigenvalue weighted by Crippen LogP contribution is -2.43. The van der Waals surface area contributed by atoms with Gasteiger partial charge in [-0.2, -0.15) is 0 Å². The number of aliphatic carboxylic acids is 1. The lowest BCUT2D eigenvalue weighted by molar-refractivity contribution is -0.137. The first kappa shape index (κ1) is 26.3. The van der Waals surface area contributed by atoms with E-state index in [0.29, 0.717) is 19.4 Å². The molecule has 0 saturated carbocycles. The molecule has 7 heteroatoms. The standard InChI is InChI=1S/C28H36N2O5/c1-18(2)25(16-26(31)29-15-14-19(3)12-13-27(32)33)30-28(34)35-17-24-22-10-6-4-8-20(22)21-9-5-7-11-23(21)24/h4-11,18-19,24-25H,12-17H2,1-3H3,(H,29,31)(H,30,34)(H,32,33). The molecule has 1 aliphatic rings. The van der Waals surface area contributed by atoms with Crippen molar-refractivity contribution in [3.8, 4) is 11.1 Å². The van der Waals surface area contributed by atoms with Crippen LogP contribution in [0.3, 0.4) is 0 Å². The molecule has 1 aliphatic carbocycles. The minimum absolute atomic E-state index is 0.0166. The predicted octanol–water partition coefficient (Wildman–Crippen LogP) is 4.95. The number of hydrogen-bond donors (Lipinski definition) is 3. The Balaban J connectivity index is 1.48. The zero-order chi connectivity index (χ0) is 25.4. The molecule has 35 heavy (non-hydrogen) atoms. The molecule has 2 amide bonds. The maximum absolute atomic E-state index is 12.6. The van der Waals surface area contributed by atoms with Crippen LogP contribution in [0.15, 0.2) is 48.5 Å². The predicted molar refractivity (Wildman–Crippen MR) is 135 cm³/mol. The largest absolute Gasteiger partial charge is 0.481 e. The van der Waals surface area contributed by atoms with E-state index in [1.165, 1.54) is 11.1 Å². The van der Waals surface area contributed by atoms with Gasteiger partial charge >= 0.3 is 12.1 Å². The van der Waals surface area contributed by atoms with Gasteiger partial charge in [-0.3, -0.25) is 9.59 Å². The highest BCUT2D eigenvalue weighted by Gasteiger charge is 2.29. The van der Waals surface area contributed by atoms with Gasteiger partial charge in [0.1, 0.15) is 6.61 Å². The summed E-state index contributed by atoms with van der Waals surface area (Å²) in [6, 6.07) is 16.0. The van der Waals surface area contributed by atoms with Gasteiger partial charge in [0.15, 0.2) is 0 Å². The number of alkyl carbamates (subject to hydrolysis) is 1. The number of carboxylic acid groups (broad SMARTS) is 1. The zero-order valence-corrected chi connectivity index (χ0v) is 20.8. The molecular formula is C28H36N2O5. The third kappa shape index (κ3) is 7.31. The molecule has 2 aromatic rings. The normalized spacial score (nSPS) is 14.1. The Morgan fingerprint density at radius 2 is 1.54 bits per heavy atom. The van der Waals surface area contributed by atoms with Gasteiger partial charge in [0.2, 0.25) is 5.91 Å². The molecule has 0 fully saturated rings. The summed E-state index contributed by atoms with van der Waals surface area (Å²) in [6.45, 7) is 6.59. The van der Waals surface area contributed by atoms with Crippen molar-refractivity contribution in [2.24, 2.45) is 11.8 Å². The second-order valence-electron chi connectivity index (χ2n) is 9.70. The smallest absolute Gasteiger partial charge is 0.407 e. The highest BCUT2D eigenvalue weighted by Crippen LogP contribution is 2.44. The van der Waals surface area contributed by atoms with Crippen molar-refractivity contribution in [1.29, 1.82) is 0 Å². The lowest BCUT2D eigenvalue weighted by atomic mass is 9.98. The molecule has 7 nitrogen and oxygen atoms in total. The molecule has 0 bridgehead atoms. The number of carboxylic acids is 1. The van der Waals surface area contributed by atoms with Gasteiger partial charge in [-0.05, 0) is 46.9 Å². The van der Waals surface area contributed by atoms with Crippen LogP contribution in [0.4, 0.5) is 4.79 Å². The maximum Gasteiger partial charge on any atom is 0.407 e. The van der Waals surface area contributed by atoms with E-state index in [9.17, 15) is 14.4 Å². The fourth-order valence-electron chi connectivity index (χ4n) is 4.49. The number of ether oxygens (including phenoxy) is 1. The van der Waals surface area contributed by atoms with Crippen molar-refractivity contribution in [3.63, 3.8) is 0 Å². The number of amides is 2. The number of benzene rings is 2. The molecule has 0 spiro atoms. The van der Waals surface area contributed by atoms with Gasteiger partial charge in [-0.25, -0.2) is 4.79 Å². The van der Waals surface area contributed by atoms with Crippen LogP contribution in [-0.2, 0) is 14.3 Å². The molecule has 2 aromatic carbocycles. The van der Waals surface area contributed by atoms with Crippen molar-refractivity contribution in [2.75, 3.05) is 13.2 Å². The fourth-order valence-corrected chi connectivity index (χ4v) is 4.49. The Labute approximate surface area is 207 Å². The summed E-state index contributed by atoms with van der Waals surface area (Å²) >= 11 is 0. The SMILES string of the molecule is CC(CCNC(=O)CC(NC(=O)OCC1c2ccccc2-c2ccccc21)C(C)C)CCC(=O)O. The van der Waals surface area contributed by atoms with Gasteiger partial charge < -0.3 is 20.5 Å². The van der Waals surface area contributed by atoms with Crippen LogP contribution >= 0.6 is 0 Å². The molecule has 2 unspecified atom stereocenters. The van der Waals surface area contributed by atoms with E-state index in [4.69, 9.17) is 9.84 Å². The third-order valence-electron chi connectivity index (χ3n) is 6.67. The van der Waals surface area contributed by atoms with Crippen LogP contribution < -0.4 is 10.6 Å². The molecule has 0 saturated heterocycles. The second kappa shape index (κ2) is 12.4. The van der Waals surface area contributed by atoms with Crippen molar-refractivity contribution in [3.05, 3.63) is 59.7 Å². The van der Waals surface area contributed by atoms with Crippen molar-refractivity contribution in [2.45, 2.75) is 58.4 Å². The number of carbonyl (C=O) groups is 3. The molecular weight excluding hydrogens is 444 g/mol. The summed E-state index contributed by atoms with van der Waals surface area (Å²) < 4.78 is 5.63. The summed E-state index contributed by atoms with van der Waals surface area (Å²) in [7, 11) is 0. The molecule has 3 N–H and O–H groups in total. The number of hydrogen-bond acceptors (Lipinski definition) is 4. The first-order valence-corrected chi connectivity index (χ1v) is 12.4. The molecule has 0 aliphatic heterocycles. The summed E-state index contributed by atoms with van der Waals surface area (Å²) in [5.41, 5.74) is 4.65. The van der Waals surface area contributed by atoms with E-state index in [-0.39, 0.29) is 49.2 Å². The Morgan fingerprint density at radius 1 is 0.943 bits per heavy atom. The number of fused-ring (bicyclic) bond motifs is 3. The van der Waals surface area contributed by atoms with E-state index in [2.05, 4.69) is 34.9 Å². The first-order valence-electron chi connectivity index (χ1n) is 12.4. The van der Waals surface area contributed by atoms with Crippen molar-refractivity contribution < 1.29 is 24.2 Å². The fraction of sp³-hybridized carbons (Fsp3) is 0.464. The molecule has 3 rings (SSSR count). The summed E-state index contributed by atoms with van der Waals surface area (Å²) in [5, 5.41) is 14.5. The van der Waals surface area contributed by atoms with Crippen molar-refractivity contribution in [1.82, 2.24) is 10.6 Å². The summed E-state index contributed by atoms with van der Waals surface area (Å²) in [4.78, 5) is 35.7. The van der Waals surface area contributed by atoms with Crippen LogP contribution in [0.5, 0.6) is 0 Å². The zero-order valence-electron chi connectivity index (χ0n) is 20.8. The highest BCUT2D eigenvalue weighted by atomic mass is 16.5. The third-order valence-corrected chi connectivity index (χ3v) is 6.67. The Hall–Kier alpha value is -3.35. The monoisotopic (exact) mass is 480 g/mol. The molecule has 0 aromatic heterocycles. The summed E-state index contributed by atoms with van der Waals surface area (Å²) in [6.07, 6.45) is 1.06. The minimum atomic E-state index is -0.806. The Kier molecular flexibility index (Phi) is 9.29. The summed E-state index contributed by atoms with van der Waals surface area (Å²) in [5.74, 6) is -0.702. The Bertz CT molecular complexity index is 990. The van der Waals surface area contributed by atoms with Crippen LogP contribution in [0, 0.1) is 11.8 Å². The minimum Gasteiger partial charge on any atom is -0.481 e. The van der Waals surface area contributed by atoms with Gasteiger partial charge in [-0.15, -0.1) is 0 Å². The van der Waals surface area contributed by atoms with Crippen LogP contribution in [-0.4, -0.2) is 42.3 Å². The first-order chi connectivity index (χ1) is 16.8. The van der Waals surface area contributed by atoms with Gasteiger partial charge in [-0.1, -0.05) is 69.3 Å². The van der Waals surface area contributed by atoms with E-state index in [1.54, 1.807) is 0 Å². The van der Waals surface area contributed by atoms with E-state index in [1.807, 2.05) is 45.0 Å². The van der Waals surface area contributed by atoms with Gasteiger partial charge in [0, 0.05) is 31.3 Å². The topological polar surface area (TPSA) is 105 Å². The average Bonchev–Trinajstić information content (AvgIpc) is 3.14. The quantitative estimate of drug-likeness (QED) is 0.399. The average molecular weight is 481 g/mol. The highest BCUT2D eigenvalue weighted by molar-refractivity contribution is 5.79. The molecule has 0 radical (unpaired) electrons. The molecule has 188 valence electrons. The van der Waals surface area contributed by atoms with Crippen LogP contribution in [0.1, 0.15) is 63.5 Å². The number of nitrogens with one attached hydrogen (secondary N) is 2. The lowest BCUT2D eigenvalue weighted by Gasteiger charge is -2.23. The maximum atomic E-state index is 12.6. The molecule has 0 heterocycles. The van der Waals surface area contributed by atoms with E-state index in [0.717, 1.165) is 11.1 Å². The number of rotatable bonds is 12. The van der Waals surface area contributed by atoms with Crippen LogP contribution in [0.25, 0.3) is 11.1 Å². The molecule has 2 atom stereocenters. The van der Waals surface area contributed by atoms with E-state index < -0.39 is 12.1 Å². The van der Waals surface area contributed by atoms with Crippen molar-refractivity contribution >= 4 is 18.0 Å². The van der Waals surface area contributed by atoms with Crippen LogP contribution in [0.2, 0.25) is 0 Å². The van der Waals surface area contributed by atoms with Gasteiger partial charge in [0.25, 0.3) is 0 Å². The van der Waals surface area contributed by atoms with E-state index >= 15 is 0 Å². The Morgan fingerprint density at radius 3 is 2.11 bits per heavy atom. The van der Waals surface area contributed by atoms with Gasteiger partial charge in [0.05, 0.1) is 0 Å². The number of carbonyl (C=O) groups excluding carboxylic acids is 2. The second-order valence-corrected chi connectivity index (χ2v) is 9.70.